The number of halogens is 24. The number of nitrogens with zero attached hydrogens (tertiary/aromatic N) is 2. The first kappa shape index (κ1) is 57.5. The summed E-state index contributed by atoms with van der Waals surface area (Å²) < 4.78 is 352. The lowest BCUT2D eigenvalue weighted by atomic mass is 9.12. The molecule has 0 aliphatic rings. The second kappa shape index (κ2) is 18.8. The highest BCUT2D eigenvalue weighted by Crippen LogP contribution is 2.41. The smallest absolute Gasteiger partial charge is 0.194 e. The van der Waals surface area contributed by atoms with Crippen molar-refractivity contribution in [3.8, 4) is 12.1 Å². The SMILES string of the molecule is CC(C[S+](C)(C)=O)=C(C#N)C#N.FC(F)(F)c1cc([B-](c2cc(C(F)(F)F)cc(C(F)(F)F)c2)(c2cc(C(F)(F)F)cc(C(F)(F)F)c2)c2cc(C(F)(F)F)cc(C(F)(F)F)c2)cc(C(F)(F)F)c1. The minimum atomic E-state index is -6.13. The molecule has 4 rings (SSSR count). The minimum absolute atomic E-state index is 0.0754. The summed E-state index contributed by atoms with van der Waals surface area (Å²) in [4.78, 5) is 0. The van der Waals surface area contributed by atoms with Gasteiger partial charge in [0.1, 0.15) is 42.1 Å². The third-order valence-corrected chi connectivity index (χ3v) is 10.8. The van der Waals surface area contributed by atoms with Crippen LogP contribution in [-0.2, 0) is 63.6 Å². The van der Waals surface area contributed by atoms with Gasteiger partial charge in [0.05, 0.1) is 54.4 Å². The fourth-order valence-electron chi connectivity index (χ4n) is 6.88. The molecule has 29 heteroatoms. The maximum absolute atomic E-state index is 14.2. The summed E-state index contributed by atoms with van der Waals surface area (Å²) in [5.41, 5.74) is -29.5. The highest BCUT2D eigenvalue weighted by molar-refractivity contribution is 8.01. The van der Waals surface area contributed by atoms with Crippen LogP contribution >= 0.6 is 0 Å². The van der Waals surface area contributed by atoms with Crippen LogP contribution in [0.2, 0.25) is 0 Å². The van der Waals surface area contributed by atoms with Gasteiger partial charge in [-0.15, -0.1) is 4.21 Å². The molecule has 0 aromatic heterocycles. The summed E-state index contributed by atoms with van der Waals surface area (Å²) in [6.07, 6.45) is -51.6. The van der Waals surface area contributed by atoms with Crippen molar-refractivity contribution in [2.45, 2.75) is 56.3 Å². The molecule has 4 aromatic carbocycles. The van der Waals surface area contributed by atoms with E-state index in [0.29, 0.717) is 11.3 Å². The second-order valence-corrected chi connectivity index (χ2v) is 18.3. The molecule has 0 heterocycles. The molecule has 3 nitrogen and oxygen atoms in total. The fraction of sp³-hybridized carbons (Fsp3) is 0.300. The molecule has 0 atom stereocenters. The zero-order chi connectivity index (χ0) is 53.7. The topological polar surface area (TPSA) is 64.7 Å². The quantitative estimate of drug-likeness (QED) is 0.0836. The molecule has 0 aliphatic carbocycles. The minimum Gasteiger partial charge on any atom is -0.194 e. The van der Waals surface area contributed by atoms with Gasteiger partial charge < -0.3 is 0 Å². The summed E-state index contributed by atoms with van der Waals surface area (Å²) in [5, 5.41) is 16.9. The molecule has 0 aliphatic heterocycles. The van der Waals surface area contributed by atoms with E-state index in [9.17, 15) is 110 Å². The van der Waals surface area contributed by atoms with Crippen LogP contribution in [0.25, 0.3) is 0 Å². The Hall–Kier alpha value is -5.87. The van der Waals surface area contributed by atoms with Gasteiger partial charge in [-0.2, -0.15) is 138 Å². The molecule has 0 saturated heterocycles. The number of hydrogen-bond acceptors (Lipinski definition) is 3. The maximum Gasteiger partial charge on any atom is 0.416 e. The maximum atomic E-state index is 14.2. The largest absolute Gasteiger partial charge is 0.416 e. The molecule has 0 saturated carbocycles. The van der Waals surface area contributed by atoms with Crippen molar-refractivity contribution in [3.63, 3.8) is 0 Å². The van der Waals surface area contributed by atoms with Gasteiger partial charge in [-0.3, -0.25) is 0 Å². The summed E-state index contributed by atoms with van der Waals surface area (Å²) in [6.45, 7) is 1.66. The lowest BCUT2D eigenvalue weighted by Crippen LogP contribution is -2.75. The zero-order valence-corrected chi connectivity index (χ0v) is 34.8. The van der Waals surface area contributed by atoms with Crippen LogP contribution in [0.3, 0.4) is 0 Å². The van der Waals surface area contributed by atoms with Crippen LogP contribution in [-0.4, -0.2) is 24.4 Å². The number of benzene rings is 4. The Bertz CT molecular complexity index is 2280. The van der Waals surface area contributed by atoms with Gasteiger partial charge in [0, 0.05) is 5.57 Å². The van der Waals surface area contributed by atoms with Crippen LogP contribution in [0.5, 0.6) is 0 Å². The molecule has 0 spiro atoms. The summed E-state index contributed by atoms with van der Waals surface area (Å²) in [5.74, 6) is 0.323. The van der Waals surface area contributed by atoms with Crippen LogP contribution in [0, 0.1) is 22.7 Å². The van der Waals surface area contributed by atoms with Crippen molar-refractivity contribution in [2.75, 3.05) is 18.3 Å². The van der Waals surface area contributed by atoms with Crippen molar-refractivity contribution >= 4 is 37.9 Å². The molecule has 0 N–H and O–H groups in total. The van der Waals surface area contributed by atoms with Crippen molar-refractivity contribution < 1.29 is 110 Å². The van der Waals surface area contributed by atoms with E-state index >= 15 is 0 Å². The van der Waals surface area contributed by atoms with Gasteiger partial charge in [0.2, 0.25) is 0 Å². The van der Waals surface area contributed by atoms with E-state index < -0.39 is 205 Å². The van der Waals surface area contributed by atoms with Gasteiger partial charge >= 0.3 is 49.4 Å². The molecule has 0 bridgehead atoms. The molecule has 376 valence electrons. The van der Waals surface area contributed by atoms with Crippen molar-refractivity contribution in [3.05, 3.63) is 128 Å². The van der Waals surface area contributed by atoms with Gasteiger partial charge in [0.15, 0.2) is 0 Å². The highest BCUT2D eigenvalue weighted by atomic mass is 32.2. The first-order valence-electron chi connectivity index (χ1n) is 17.9. The molecule has 0 fully saturated rings. The average Bonchev–Trinajstić information content (AvgIpc) is 3.15. The number of allylic oxidation sites excluding steroid dienone is 1. The summed E-state index contributed by atoms with van der Waals surface area (Å²) in [7, 11) is -1.90. The molecular weight excluding hydrogens is 1020 g/mol. The van der Waals surface area contributed by atoms with Crippen LogP contribution < -0.4 is 21.9 Å². The highest BCUT2D eigenvalue weighted by Gasteiger charge is 2.47. The van der Waals surface area contributed by atoms with E-state index in [1.807, 2.05) is 0 Å². The lowest BCUT2D eigenvalue weighted by Gasteiger charge is -2.46. The first-order chi connectivity index (χ1) is 30.7. The Morgan fingerprint density at radius 1 is 0.391 bits per heavy atom. The van der Waals surface area contributed by atoms with Crippen molar-refractivity contribution in [2.24, 2.45) is 0 Å². The van der Waals surface area contributed by atoms with E-state index in [2.05, 4.69) is 0 Å². The Morgan fingerprint density at radius 3 is 0.667 bits per heavy atom. The molecule has 0 unspecified atom stereocenters. The Kier molecular flexibility index (Phi) is 15.7. The molecule has 0 radical (unpaired) electrons. The average molecular weight is 1050 g/mol. The monoisotopic (exact) mass is 1050 g/mol. The van der Waals surface area contributed by atoms with E-state index in [4.69, 9.17) is 10.5 Å². The molecule has 0 amide bonds. The standard InChI is InChI=1S/C32H12BF24.C8H11N2OS/c34-25(35,36)13-1-14(26(37,38)39)6-21(5-13)33(22-7-15(27(40,41)42)2-16(8-22)28(43,44)45,23-9-17(29(46,47)48)3-18(10-23)30(49,50)51)24-11-19(31(52,53)54)4-20(12-24)32(55,56)57;1-7(6-12(2,3)11)8(4-9)5-10/h1-12H;6H2,1-3H3/q-1;+1. The summed E-state index contributed by atoms with van der Waals surface area (Å²) >= 11 is 0. The van der Waals surface area contributed by atoms with Gasteiger partial charge in [-0.1, -0.05) is 48.5 Å². The zero-order valence-electron chi connectivity index (χ0n) is 34.0. The predicted molar refractivity (Wildman–Crippen MR) is 199 cm³/mol. The Morgan fingerprint density at radius 2 is 0.551 bits per heavy atom. The van der Waals surface area contributed by atoms with Gasteiger partial charge in [-0.05, 0) is 31.2 Å². The summed E-state index contributed by atoms with van der Waals surface area (Å²) in [6, 6.07) is -5.28. The first-order valence-corrected chi connectivity index (χ1v) is 20.5. The van der Waals surface area contributed by atoms with Gasteiger partial charge in [0.25, 0.3) is 0 Å². The predicted octanol–water partition coefficient (Wildman–Crippen LogP) is 12.3. The number of nitriles is 2. The Balaban J connectivity index is 0.000000922. The van der Waals surface area contributed by atoms with Crippen LogP contribution in [0.4, 0.5) is 105 Å². The normalized spacial score (nSPS) is 13.5. The van der Waals surface area contributed by atoms with E-state index in [1.165, 1.54) is 0 Å². The molecular formula is C40H23BF24N2OS. The Labute approximate surface area is 373 Å². The third-order valence-electron chi connectivity index (χ3n) is 9.65. The number of rotatable bonds is 6. The van der Waals surface area contributed by atoms with Crippen molar-refractivity contribution in [1.29, 1.82) is 10.5 Å². The molecule has 4 aromatic rings. The number of alkyl halides is 24. The lowest BCUT2D eigenvalue weighted by molar-refractivity contribution is -0.144. The van der Waals surface area contributed by atoms with Crippen LogP contribution in [0.1, 0.15) is 51.4 Å². The second-order valence-electron chi connectivity index (χ2n) is 15.2. The van der Waals surface area contributed by atoms with Gasteiger partial charge in [-0.25, -0.2) is 0 Å². The van der Waals surface area contributed by atoms with E-state index in [0.717, 1.165) is 0 Å². The van der Waals surface area contributed by atoms with Crippen molar-refractivity contribution in [1.82, 2.24) is 0 Å². The van der Waals surface area contributed by atoms with E-state index in [1.54, 1.807) is 31.6 Å². The third kappa shape index (κ3) is 13.9. The van der Waals surface area contributed by atoms with Crippen LogP contribution in [0.15, 0.2) is 83.9 Å². The molecule has 69 heavy (non-hydrogen) atoms. The number of hydrogen-bond donors (Lipinski definition) is 0. The van der Waals surface area contributed by atoms with E-state index in [-0.39, 0.29) is 5.57 Å². The fourth-order valence-corrected chi connectivity index (χ4v) is 8.07.